The Labute approximate surface area is 109 Å². The number of ether oxygens (including phenoxy) is 1. The standard InChI is InChI=1S/C13H25N3O2/c1-3-16-6-7-18-12(10-16)8-14-9-13(17)15(2)11-4-5-11/h11-12,14H,3-10H2,1-2H3. The third-order valence-electron chi connectivity index (χ3n) is 3.81. The number of hydrogen-bond acceptors (Lipinski definition) is 4. The van der Waals surface area contributed by atoms with Gasteiger partial charge in [0, 0.05) is 32.7 Å². The molecule has 1 atom stereocenters. The summed E-state index contributed by atoms with van der Waals surface area (Å²) < 4.78 is 5.68. The van der Waals surface area contributed by atoms with E-state index in [4.69, 9.17) is 4.74 Å². The second-order valence-corrected chi connectivity index (χ2v) is 5.25. The summed E-state index contributed by atoms with van der Waals surface area (Å²) in [6, 6.07) is 0.501. The van der Waals surface area contributed by atoms with Gasteiger partial charge in [-0.2, -0.15) is 0 Å². The van der Waals surface area contributed by atoms with Crippen LogP contribution in [0.3, 0.4) is 0 Å². The van der Waals surface area contributed by atoms with Crippen molar-refractivity contribution in [2.75, 3.05) is 46.4 Å². The summed E-state index contributed by atoms with van der Waals surface area (Å²) in [5.41, 5.74) is 0. The zero-order chi connectivity index (χ0) is 13.0. The summed E-state index contributed by atoms with van der Waals surface area (Å²) in [4.78, 5) is 16.0. The Balaban J connectivity index is 1.60. The van der Waals surface area contributed by atoms with Gasteiger partial charge in [-0.05, 0) is 19.4 Å². The second-order valence-electron chi connectivity index (χ2n) is 5.25. The van der Waals surface area contributed by atoms with E-state index in [1.807, 2.05) is 11.9 Å². The van der Waals surface area contributed by atoms with Crippen molar-refractivity contribution in [3.8, 4) is 0 Å². The fraction of sp³-hybridized carbons (Fsp3) is 0.923. The van der Waals surface area contributed by atoms with E-state index in [9.17, 15) is 4.79 Å². The predicted octanol–water partition coefficient (Wildman–Crippen LogP) is -0.0825. The molecule has 18 heavy (non-hydrogen) atoms. The molecule has 1 saturated carbocycles. The Morgan fingerprint density at radius 3 is 2.94 bits per heavy atom. The number of rotatable bonds is 6. The summed E-state index contributed by atoms with van der Waals surface area (Å²) in [6.45, 7) is 7.23. The fourth-order valence-corrected chi connectivity index (χ4v) is 2.32. The minimum atomic E-state index is 0.195. The average Bonchev–Trinajstić information content (AvgIpc) is 3.22. The molecule has 1 aliphatic heterocycles. The molecule has 1 unspecified atom stereocenters. The van der Waals surface area contributed by atoms with Crippen LogP contribution < -0.4 is 5.32 Å². The zero-order valence-electron chi connectivity index (χ0n) is 11.5. The molecule has 2 rings (SSSR count). The maximum atomic E-state index is 11.8. The largest absolute Gasteiger partial charge is 0.374 e. The maximum Gasteiger partial charge on any atom is 0.236 e. The van der Waals surface area contributed by atoms with E-state index in [0.29, 0.717) is 12.6 Å². The molecule has 2 aliphatic rings. The van der Waals surface area contributed by atoms with Crippen molar-refractivity contribution < 1.29 is 9.53 Å². The van der Waals surface area contributed by atoms with Crippen LogP contribution in [0.4, 0.5) is 0 Å². The van der Waals surface area contributed by atoms with Gasteiger partial charge in [-0.1, -0.05) is 6.92 Å². The third-order valence-corrected chi connectivity index (χ3v) is 3.81. The van der Waals surface area contributed by atoms with Crippen LogP contribution in [0.25, 0.3) is 0 Å². The molecule has 2 fully saturated rings. The monoisotopic (exact) mass is 255 g/mol. The minimum Gasteiger partial charge on any atom is -0.374 e. The van der Waals surface area contributed by atoms with Crippen LogP contribution in [0.15, 0.2) is 0 Å². The van der Waals surface area contributed by atoms with Gasteiger partial charge in [-0.15, -0.1) is 0 Å². The molecule has 0 spiro atoms. The number of nitrogens with one attached hydrogen (secondary N) is 1. The Morgan fingerprint density at radius 2 is 2.28 bits per heavy atom. The van der Waals surface area contributed by atoms with Gasteiger partial charge >= 0.3 is 0 Å². The van der Waals surface area contributed by atoms with Gasteiger partial charge in [0.05, 0.1) is 19.3 Å². The minimum absolute atomic E-state index is 0.195. The molecular weight excluding hydrogens is 230 g/mol. The molecule has 0 aromatic rings. The lowest BCUT2D eigenvalue weighted by Gasteiger charge is -2.32. The number of morpholine rings is 1. The van der Waals surface area contributed by atoms with Crippen LogP contribution in [0, 0.1) is 0 Å². The van der Waals surface area contributed by atoms with Crippen molar-refractivity contribution in [2.24, 2.45) is 0 Å². The van der Waals surface area contributed by atoms with Crippen LogP contribution in [0.5, 0.6) is 0 Å². The molecule has 1 N–H and O–H groups in total. The molecule has 1 aliphatic carbocycles. The molecular formula is C13H25N3O2. The van der Waals surface area contributed by atoms with Crippen molar-refractivity contribution in [1.29, 1.82) is 0 Å². The number of amides is 1. The molecule has 1 amide bonds. The lowest BCUT2D eigenvalue weighted by Crippen LogP contribution is -2.48. The van der Waals surface area contributed by atoms with E-state index in [2.05, 4.69) is 17.1 Å². The van der Waals surface area contributed by atoms with Crippen LogP contribution in [-0.2, 0) is 9.53 Å². The second kappa shape index (κ2) is 6.50. The van der Waals surface area contributed by atoms with Crippen LogP contribution in [0.2, 0.25) is 0 Å². The van der Waals surface area contributed by atoms with Crippen LogP contribution >= 0.6 is 0 Å². The molecule has 1 saturated heterocycles. The highest BCUT2D eigenvalue weighted by Crippen LogP contribution is 2.25. The summed E-state index contributed by atoms with van der Waals surface area (Å²) in [7, 11) is 1.90. The van der Waals surface area contributed by atoms with Gasteiger partial charge in [-0.25, -0.2) is 0 Å². The summed E-state index contributed by atoms with van der Waals surface area (Å²) in [5, 5.41) is 3.22. The van der Waals surface area contributed by atoms with Crippen LogP contribution in [0.1, 0.15) is 19.8 Å². The van der Waals surface area contributed by atoms with E-state index in [-0.39, 0.29) is 12.0 Å². The number of carbonyl (C=O) groups is 1. The summed E-state index contributed by atoms with van der Waals surface area (Å²) in [5.74, 6) is 0.195. The van der Waals surface area contributed by atoms with E-state index >= 15 is 0 Å². The Hall–Kier alpha value is -0.650. The van der Waals surface area contributed by atoms with Gasteiger partial charge in [0.15, 0.2) is 0 Å². The fourth-order valence-electron chi connectivity index (χ4n) is 2.32. The van der Waals surface area contributed by atoms with Gasteiger partial charge in [-0.3, -0.25) is 9.69 Å². The Bertz CT molecular complexity index is 281. The topological polar surface area (TPSA) is 44.8 Å². The van der Waals surface area contributed by atoms with Crippen LogP contribution in [-0.4, -0.2) is 74.2 Å². The first-order valence-corrected chi connectivity index (χ1v) is 7.01. The molecule has 0 aromatic carbocycles. The number of nitrogens with zero attached hydrogens (tertiary/aromatic N) is 2. The van der Waals surface area contributed by atoms with Crippen molar-refractivity contribution in [3.05, 3.63) is 0 Å². The first-order valence-electron chi connectivity index (χ1n) is 7.01. The van der Waals surface area contributed by atoms with Gasteiger partial charge in [0.1, 0.15) is 0 Å². The van der Waals surface area contributed by atoms with Gasteiger partial charge in [0.2, 0.25) is 5.91 Å². The smallest absolute Gasteiger partial charge is 0.236 e. The maximum absolute atomic E-state index is 11.8. The van der Waals surface area contributed by atoms with Gasteiger partial charge < -0.3 is 15.0 Å². The molecule has 5 heteroatoms. The summed E-state index contributed by atoms with van der Waals surface area (Å²) >= 11 is 0. The lowest BCUT2D eigenvalue weighted by molar-refractivity contribution is -0.129. The normalized spacial score (nSPS) is 25.1. The highest BCUT2D eigenvalue weighted by atomic mass is 16.5. The van der Waals surface area contributed by atoms with Gasteiger partial charge in [0.25, 0.3) is 0 Å². The van der Waals surface area contributed by atoms with Crippen molar-refractivity contribution in [1.82, 2.24) is 15.1 Å². The molecule has 0 bridgehead atoms. The Morgan fingerprint density at radius 1 is 1.50 bits per heavy atom. The third kappa shape index (κ3) is 3.93. The SMILES string of the molecule is CCN1CCOC(CNCC(=O)N(C)C2CC2)C1. The summed E-state index contributed by atoms with van der Waals surface area (Å²) in [6.07, 6.45) is 2.55. The first kappa shape index (κ1) is 13.8. The van der Waals surface area contributed by atoms with Crippen molar-refractivity contribution in [3.63, 3.8) is 0 Å². The highest BCUT2D eigenvalue weighted by molar-refractivity contribution is 5.78. The van der Waals surface area contributed by atoms with E-state index in [1.54, 1.807) is 0 Å². The number of hydrogen-bond donors (Lipinski definition) is 1. The van der Waals surface area contributed by atoms with Crippen molar-refractivity contribution in [2.45, 2.75) is 31.9 Å². The highest BCUT2D eigenvalue weighted by Gasteiger charge is 2.29. The molecule has 104 valence electrons. The number of likely N-dealkylation sites (N-methyl/N-ethyl adjacent to an activating group) is 2. The molecule has 5 nitrogen and oxygen atoms in total. The predicted molar refractivity (Wildman–Crippen MR) is 70.5 cm³/mol. The quantitative estimate of drug-likeness (QED) is 0.721. The van der Waals surface area contributed by atoms with E-state index in [0.717, 1.165) is 32.8 Å². The van der Waals surface area contributed by atoms with E-state index < -0.39 is 0 Å². The molecule has 0 radical (unpaired) electrons. The molecule has 0 aromatic heterocycles. The Kier molecular flexibility index (Phi) is 4.97. The van der Waals surface area contributed by atoms with Crippen molar-refractivity contribution >= 4 is 5.91 Å². The first-order chi connectivity index (χ1) is 8.70. The molecule has 1 heterocycles. The van der Waals surface area contributed by atoms with E-state index in [1.165, 1.54) is 12.8 Å². The lowest BCUT2D eigenvalue weighted by atomic mass is 10.2. The average molecular weight is 255 g/mol. The number of carbonyl (C=O) groups excluding carboxylic acids is 1. The zero-order valence-corrected chi connectivity index (χ0v) is 11.5.